The van der Waals surface area contributed by atoms with Gasteiger partial charge in [0.2, 0.25) is 0 Å². The Labute approximate surface area is 327 Å². The molecule has 1 heterocycles. The highest BCUT2D eigenvalue weighted by molar-refractivity contribution is 7.99. The molecule has 55 heavy (non-hydrogen) atoms. The molecule has 0 saturated carbocycles. The van der Waals surface area contributed by atoms with E-state index < -0.39 is 5.41 Å². The second kappa shape index (κ2) is 12.8. The number of fused-ring (bicyclic) bond motifs is 11. The minimum absolute atomic E-state index is 0.536. The van der Waals surface area contributed by atoms with E-state index in [-0.39, 0.29) is 0 Å². The van der Waals surface area contributed by atoms with E-state index in [1.54, 1.807) is 0 Å². The van der Waals surface area contributed by atoms with Gasteiger partial charge in [0.15, 0.2) is 0 Å². The topological polar surface area (TPSA) is 3.24 Å². The summed E-state index contributed by atoms with van der Waals surface area (Å²) in [6, 6.07) is 71.6. The second-order valence-corrected chi connectivity index (χ2v) is 15.7. The first kappa shape index (κ1) is 31.9. The van der Waals surface area contributed by atoms with Gasteiger partial charge in [-0.15, -0.1) is 0 Å². The zero-order valence-corrected chi connectivity index (χ0v) is 31.0. The summed E-state index contributed by atoms with van der Waals surface area (Å²) in [7, 11) is 0. The average molecular weight is 718 g/mol. The smallest absolute Gasteiger partial charge is 0.0818 e. The van der Waals surface area contributed by atoms with E-state index in [1.807, 2.05) is 17.8 Å². The monoisotopic (exact) mass is 717 g/mol. The average Bonchev–Trinajstić information content (AvgIpc) is 3.55. The number of hydrogen-bond acceptors (Lipinski definition) is 2. The van der Waals surface area contributed by atoms with Crippen molar-refractivity contribution in [3.05, 3.63) is 228 Å². The normalized spacial score (nSPS) is 13.9. The molecule has 1 aliphatic heterocycles. The fraction of sp³-hybridized carbons (Fsp3) is 0.0566. The highest BCUT2D eigenvalue weighted by Crippen LogP contribution is 2.63. The van der Waals surface area contributed by atoms with Crippen molar-refractivity contribution in [1.29, 1.82) is 0 Å². The number of rotatable bonds is 5. The Hall–Kier alpha value is -6.53. The van der Waals surface area contributed by atoms with Crippen LogP contribution in [0.2, 0.25) is 0 Å². The lowest BCUT2D eigenvalue weighted by molar-refractivity contribution is 0.709. The standard InChI is InChI=1S/C53H35NS/c1-3-13-36(14-4-1)38-23-28-41(29-24-38)54(42-30-25-39(26-31-42)37-15-5-2-6-16-37)43-32-34-45-46-33-27-40-17-7-8-18-44(40)52(46)53(49(45)35-43)47-19-9-11-21-50(47)55-51-22-12-10-20-48(51)53/h1-7,9,11-17,19,21-35H,8,18H2. The van der Waals surface area contributed by atoms with E-state index in [1.165, 1.54) is 76.6 Å². The lowest BCUT2D eigenvalue weighted by atomic mass is 9.65. The molecule has 8 aromatic carbocycles. The molecule has 2 aliphatic carbocycles. The third-order valence-electron chi connectivity index (χ3n) is 11.7. The largest absolute Gasteiger partial charge is 0.310 e. The van der Waals surface area contributed by atoms with Gasteiger partial charge >= 0.3 is 0 Å². The molecular formula is C53H35NS. The molecule has 11 rings (SSSR count). The van der Waals surface area contributed by atoms with E-state index in [9.17, 15) is 0 Å². The van der Waals surface area contributed by atoms with Crippen LogP contribution < -0.4 is 4.90 Å². The van der Waals surface area contributed by atoms with E-state index >= 15 is 0 Å². The van der Waals surface area contributed by atoms with Crippen LogP contribution in [0.1, 0.15) is 39.8 Å². The van der Waals surface area contributed by atoms with Crippen LogP contribution in [0, 0.1) is 12.1 Å². The zero-order valence-electron chi connectivity index (χ0n) is 30.2. The van der Waals surface area contributed by atoms with Crippen LogP contribution in [-0.2, 0) is 11.8 Å². The molecule has 1 spiro atoms. The first-order chi connectivity index (χ1) is 27.3. The van der Waals surface area contributed by atoms with Crippen LogP contribution in [0.3, 0.4) is 0 Å². The third-order valence-corrected chi connectivity index (χ3v) is 12.8. The van der Waals surface area contributed by atoms with Crippen LogP contribution in [0.5, 0.6) is 0 Å². The molecule has 0 saturated heterocycles. The maximum absolute atomic E-state index is 3.73. The molecule has 3 aliphatic rings. The van der Waals surface area contributed by atoms with Gasteiger partial charge < -0.3 is 4.90 Å². The van der Waals surface area contributed by atoms with Gasteiger partial charge in [0, 0.05) is 32.4 Å². The Kier molecular flexibility index (Phi) is 7.44. The van der Waals surface area contributed by atoms with Gasteiger partial charge in [-0.05, 0) is 129 Å². The number of nitrogens with zero attached hydrogens (tertiary/aromatic N) is 1. The first-order valence-corrected chi connectivity index (χ1v) is 19.9. The number of allylic oxidation sites excluding steroid dienone is 1. The van der Waals surface area contributed by atoms with Crippen molar-refractivity contribution in [2.75, 3.05) is 4.90 Å². The summed E-state index contributed by atoms with van der Waals surface area (Å²) in [5.74, 6) is 0. The minimum atomic E-state index is -0.536. The predicted octanol–water partition coefficient (Wildman–Crippen LogP) is 13.9. The second-order valence-electron chi connectivity index (χ2n) is 14.6. The van der Waals surface area contributed by atoms with E-state index in [4.69, 9.17) is 0 Å². The molecule has 8 aromatic rings. The van der Waals surface area contributed by atoms with E-state index in [2.05, 4.69) is 199 Å². The van der Waals surface area contributed by atoms with Gasteiger partial charge in [-0.25, -0.2) is 0 Å². The fourth-order valence-electron chi connectivity index (χ4n) is 9.24. The van der Waals surface area contributed by atoms with Crippen molar-refractivity contribution < 1.29 is 0 Å². The molecule has 0 fully saturated rings. The van der Waals surface area contributed by atoms with Crippen LogP contribution in [0.15, 0.2) is 192 Å². The molecule has 1 unspecified atom stereocenters. The first-order valence-electron chi connectivity index (χ1n) is 19.1. The Balaban J connectivity index is 1.16. The lowest BCUT2D eigenvalue weighted by Crippen LogP contribution is -2.33. The van der Waals surface area contributed by atoms with Gasteiger partial charge in [-0.3, -0.25) is 0 Å². The van der Waals surface area contributed by atoms with Crippen molar-refractivity contribution in [2.24, 2.45) is 0 Å². The van der Waals surface area contributed by atoms with E-state index in [0.29, 0.717) is 0 Å². The van der Waals surface area contributed by atoms with Crippen LogP contribution in [-0.4, -0.2) is 0 Å². The Bertz CT molecular complexity index is 2630. The quantitative estimate of drug-likeness (QED) is 0.174. The molecule has 0 amide bonds. The van der Waals surface area contributed by atoms with Crippen molar-refractivity contribution in [1.82, 2.24) is 0 Å². The predicted molar refractivity (Wildman–Crippen MR) is 228 cm³/mol. The molecule has 0 radical (unpaired) electrons. The van der Waals surface area contributed by atoms with Crippen molar-refractivity contribution >= 4 is 34.9 Å². The minimum Gasteiger partial charge on any atom is -0.310 e. The lowest BCUT2D eigenvalue weighted by Gasteiger charge is -2.40. The summed E-state index contributed by atoms with van der Waals surface area (Å²) in [5, 5.41) is 0. The van der Waals surface area contributed by atoms with Gasteiger partial charge in [-0.1, -0.05) is 157 Å². The maximum atomic E-state index is 3.73. The number of benzene rings is 7. The summed E-state index contributed by atoms with van der Waals surface area (Å²) in [5.41, 5.74) is 18.3. The third kappa shape index (κ3) is 4.97. The Morgan fingerprint density at radius 1 is 0.527 bits per heavy atom. The van der Waals surface area contributed by atoms with Gasteiger partial charge in [0.05, 0.1) is 5.41 Å². The Morgan fingerprint density at radius 3 is 1.85 bits per heavy atom. The van der Waals surface area contributed by atoms with Crippen LogP contribution in [0.25, 0.3) is 39.5 Å². The molecular weight excluding hydrogens is 683 g/mol. The zero-order chi connectivity index (χ0) is 36.3. The number of hydrogen-bond donors (Lipinski definition) is 0. The van der Waals surface area contributed by atoms with Crippen molar-refractivity contribution in [2.45, 2.75) is 28.0 Å². The molecule has 0 aromatic heterocycles. The molecule has 1 nitrogen and oxygen atoms in total. The SMILES string of the molecule is c1ccc2c(c#1)C1(c3ccccc3S2)c2cc(N(c3ccc(-c4ccccc4)cc3)c3ccc(-c4ccccc4)cc3)ccc2-c2ccc3c(c21)CCC=C3. The molecule has 2 heteroatoms. The summed E-state index contributed by atoms with van der Waals surface area (Å²) < 4.78 is 0. The Morgan fingerprint density at radius 2 is 1.15 bits per heavy atom. The van der Waals surface area contributed by atoms with Crippen LogP contribution >= 0.6 is 11.8 Å². The summed E-state index contributed by atoms with van der Waals surface area (Å²) in [6.07, 6.45) is 6.71. The summed E-state index contributed by atoms with van der Waals surface area (Å²) in [4.78, 5) is 4.97. The molecule has 1 atom stereocenters. The molecule has 0 N–H and O–H groups in total. The highest BCUT2D eigenvalue weighted by Gasteiger charge is 2.52. The van der Waals surface area contributed by atoms with Gasteiger partial charge in [0.25, 0.3) is 0 Å². The van der Waals surface area contributed by atoms with Crippen molar-refractivity contribution in [3.8, 4) is 33.4 Å². The maximum Gasteiger partial charge on any atom is 0.0818 e. The summed E-state index contributed by atoms with van der Waals surface area (Å²) >= 11 is 1.86. The van der Waals surface area contributed by atoms with Crippen LogP contribution in [0.4, 0.5) is 17.1 Å². The molecule has 258 valence electrons. The van der Waals surface area contributed by atoms with Crippen molar-refractivity contribution in [3.63, 3.8) is 0 Å². The van der Waals surface area contributed by atoms with Gasteiger partial charge in [0.1, 0.15) is 0 Å². The number of anilines is 3. The highest BCUT2D eigenvalue weighted by atomic mass is 32.2. The molecule has 0 bridgehead atoms. The van der Waals surface area contributed by atoms with Gasteiger partial charge in [-0.2, -0.15) is 0 Å². The fourth-order valence-corrected chi connectivity index (χ4v) is 10.4. The summed E-state index contributed by atoms with van der Waals surface area (Å²) in [6.45, 7) is 0. The van der Waals surface area contributed by atoms with E-state index in [0.717, 1.165) is 29.9 Å².